The van der Waals surface area contributed by atoms with E-state index >= 15 is 0 Å². The zero-order chi connectivity index (χ0) is 21.1. The molecule has 4 nitrogen and oxygen atoms in total. The Hall–Kier alpha value is -2.49. The third kappa shape index (κ3) is 4.48. The van der Waals surface area contributed by atoms with Crippen LogP contribution in [0.1, 0.15) is 57.9 Å². The quantitative estimate of drug-likeness (QED) is 0.542. The highest BCUT2D eigenvalue weighted by Gasteiger charge is 2.39. The number of ether oxygens (including phenoxy) is 2. The van der Waals surface area contributed by atoms with Crippen molar-refractivity contribution in [1.29, 1.82) is 0 Å². The fourth-order valence-electron chi connectivity index (χ4n) is 4.34. The molecule has 2 aliphatic rings. The summed E-state index contributed by atoms with van der Waals surface area (Å²) in [7, 11) is 0. The maximum absolute atomic E-state index is 12.6. The molecule has 1 aliphatic carbocycles. The number of Topliss-reactive ketones (excluding diaryl/α,β-unsaturated/α-hetero) is 1. The molecule has 1 saturated carbocycles. The Kier molecular flexibility index (Phi) is 6.03. The van der Waals surface area contributed by atoms with Crippen LogP contribution in [-0.4, -0.2) is 31.6 Å². The number of hydrogen-bond donors (Lipinski definition) is 0. The van der Waals surface area contributed by atoms with Gasteiger partial charge in [0.05, 0.1) is 19.7 Å². The van der Waals surface area contributed by atoms with Crippen LogP contribution in [0, 0.1) is 5.41 Å². The van der Waals surface area contributed by atoms with E-state index in [4.69, 9.17) is 9.47 Å². The molecule has 160 valence electrons. The summed E-state index contributed by atoms with van der Waals surface area (Å²) in [6.07, 6.45) is 4.18. The van der Waals surface area contributed by atoms with Crippen molar-refractivity contribution in [2.75, 3.05) is 24.6 Å². The van der Waals surface area contributed by atoms with Crippen LogP contribution in [0.15, 0.2) is 48.5 Å². The predicted molar refractivity (Wildman–Crippen MR) is 121 cm³/mol. The molecule has 0 spiro atoms. The summed E-state index contributed by atoms with van der Waals surface area (Å²) < 4.78 is 11.5. The average Bonchev–Trinajstić information content (AvgIpc) is 2.70. The van der Waals surface area contributed by atoms with Gasteiger partial charge in [0.15, 0.2) is 0 Å². The molecule has 1 saturated heterocycles. The van der Waals surface area contributed by atoms with Gasteiger partial charge >= 0.3 is 0 Å². The van der Waals surface area contributed by atoms with Gasteiger partial charge in [-0.25, -0.2) is 0 Å². The Morgan fingerprint density at radius 1 is 1.07 bits per heavy atom. The molecule has 0 aromatic heterocycles. The number of ketones is 1. The number of rotatable bonds is 9. The van der Waals surface area contributed by atoms with Crippen molar-refractivity contribution in [2.24, 2.45) is 5.41 Å². The second-order valence-electron chi connectivity index (χ2n) is 9.08. The Morgan fingerprint density at radius 2 is 1.70 bits per heavy atom. The zero-order valence-corrected chi connectivity index (χ0v) is 18.4. The molecular weight excluding hydrogens is 374 g/mol. The van der Waals surface area contributed by atoms with E-state index < -0.39 is 0 Å². The first-order valence-electron chi connectivity index (χ1n) is 11.2. The maximum Gasteiger partial charge on any atom is 0.139 e. The highest BCUT2D eigenvalue weighted by atomic mass is 16.5. The van der Waals surface area contributed by atoms with Gasteiger partial charge < -0.3 is 14.4 Å². The third-order valence-corrected chi connectivity index (χ3v) is 6.73. The minimum atomic E-state index is -0.0514. The van der Waals surface area contributed by atoms with E-state index in [1.807, 2.05) is 31.2 Å². The van der Waals surface area contributed by atoms with Crippen molar-refractivity contribution in [3.63, 3.8) is 0 Å². The lowest BCUT2D eigenvalue weighted by Gasteiger charge is -2.40. The van der Waals surface area contributed by atoms with Gasteiger partial charge in [-0.3, -0.25) is 4.79 Å². The summed E-state index contributed by atoms with van der Waals surface area (Å²) in [4.78, 5) is 14.9. The van der Waals surface area contributed by atoms with Crippen molar-refractivity contribution in [1.82, 2.24) is 0 Å². The minimum Gasteiger partial charge on any atom is -0.494 e. The molecule has 1 atom stereocenters. The summed E-state index contributed by atoms with van der Waals surface area (Å²) in [6, 6.07) is 16.5. The van der Waals surface area contributed by atoms with Gasteiger partial charge in [-0.2, -0.15) is 0 Å². The summed E-state index contributed by atoms with van der Waals surface area (Å²) in [5.41, 5.74) is 2.41. The predicted octanol–water partition coefficient (Wildman–Crippen LogP) is 5.61. The lowest BCUT2D eigenvalue weighted by Crippen LogP contribution is -2.54. The van der Waals surface area contributed by atoms with Gasteiger partial charge in [-0.15, -0.1) is 0 Å². The van der Waals surface area contributed by atoms with Crippen LogP contribution in [0.5, 0.6) is 11.5 Å². The van der Waals surface area contributed by atoms with Gasteiger partial charge in [-0.05, 0) is 67.6 Å². The number of hydrogen-bond acceptors (Lipinski definition) is 4. The van der Waals surface area contributed by atoms with E-state index in [-0.39, 0.29) is 17.4 Å². The molecule has 2 aromatic carbocycles. The minimum absolute atomic E-state index is 0.0514. The van der Waals surface area contributed by atoms with Crippen molar-refractivity contribution >= 4 is 11.5 Å². The Labute approximate surface area is 180 Å². The smallest absolute Gasteiger partial charge is 0.139 e. The van der Waals surface area contributed by atoms with Gasteiger partial charge in [-0.1, -0.05) is 32.4 Å². The highest BCUT2D eigenvalue weighted by molar-refractivity contribution is 5.85. The monoisotopic (exact) mass is 407 g/mol. The van der Waals surface area contributed by atoms with Gasteiger partial charge in [0, 0.05) is 17.5 Å². The standard InChI is InChI=1S/C26H33NO3/c1-4-29-22-10-12-23(13-11-22)30-24-17-27(18-24)21-8-6-20(7-9-21)19(2)16-25(28)26(3)14-5-15-26/h6-13,19,24H,4-5,14-18H2,1-3H3/t19-/m1/s1. The summed E-state index contributed by atoms with van der Waals surface area (Å²) >= 11 is 0. The number of anilines is 1. The summed E-state index contributed by atoms with van der Waals surface area (Å²) in [6.45, 7) is 8.72. The van der Waals surface area contributed by atoms with E-state index in [0.29, 0.717) is 18.8 Å². The molecule has 4 rings (SSSR count). The molecule has 0 unspecified atom stereocenters. The number of benzene rings is 2. The molecule has 2 aromatic rings. The third-order valence-electron chi connectivity index (χ3n) is 6.73. The summed E-state index contributed by atoms with van der Waals surface area (Å²) in [5, 5.41) is 0. The molecule has 1 aliphatic heterocycles. The van der Waals surface area contributed by atoms with Gasteiger partial charge in [0.25, 0.3) is 0 Å². The molecule has 4 heteroatoms. The van der Waals surface area contributed by atoms with Crippen LogP contribution >= 0.6 is 0 Å². The first-order valence-corrected chi connectivity index (χ1v) is 11.2. The van der Waals surface area contributed by atoms with Crippen LogP contribution in [0.25, 0.3) is 0 Å². The van der Waals surface area contributed by atoms with Crippen LogP contribution in [0.4, 0.5) is 5.69 Å². The number of nitrogens with zero attached hydrogens (tertiary/aromatic N) is 1. The molecular formula is C26H33NO3. The maximum atomic E-state index is 12.6. The molecule has 30 heavy (non-hydrogen) atoms. The molecule has 1 heterocycles. The lowest BCUT2D eigenvalue weighted by molar-refractivity contribution is -0.132. The van der Waals surface area contributed by atoms with E-state index in [1.165, 1.54) is 17.7 Å². The fraction of sp³-hybridized carbons (Fsp3) is 0.500. The van der Waals surface area contributed by atoms with E-state index in [0.717, 1.165) is 37.4 Å². The fourth-order valence-corrected chi connectivity index (χ4v) is 4.34. The van der Waals surface area contributed by atoms with Crippen molar-refractivity contribution in [3.05, 3.63) is 54.1 Å². The zero-order valence-electron chi connectivity index (χ0n) is 18.4. The van der Waals surface area contributed by atoms with Crippen LogP contribution in [0.3, 0.4) is 0 Å². The molecule has 0 bridgehead atoms. The van der Waals surface area contributed by atoms with E-state index in [1.54, 1.807) is 0 Å². The first-order chi connectivity index (χ1) is 14.5. The van der Waals surface area contributed by atoms with Crippen molar-refractivity contribution in [2.45, 2.75) is 58.5 Å². The van der Waals surface area contributed by atoms with E-state index in [9.17, 15) is 4.79 Å². The number of carbonyl (C=O) groups is 1. The lowest BCUT2D eigenvalue weighted by atomic mass is 9.66. The summed E-state index contributed by atoms with van der Waals surface area (Å²) in [5.74, 6) is 2.47. The van der Waals surface area contributed by atoms with Gasteiger partial charge in [0.2, 0.25) is 0 Å². The Balaban J connectivity index is 1.25. The average molecular weight is 408 g/mol. The first kappa shape index (κ1) is 20.8. The molecule has 2 fully saturated rings. The van der Waals surface area contributed by atoms with Crippen LogP contribution in [0.2, 0.25) is 0 Å². The largest absolute Gasteiger partial charge is 0.494 e. The normalized spacial score (nSPS) is 18.8. The molecule has 0 amide bonds. The van der Waals surface area contributed by atoms with Crippen LogP contribution < -0.4 is 14.4 Å². The second kappa shape index (κ2) is 8.71. The van der Waals surface area contributed by atoms with Crippen molar-refractivity contribution in [3.8, 4) is 11.5 Å². The van der Waals surface area contributed by atoms with Crippen LogP contribution in [-0.2, 0) is 4.79 Å². The second-order valence-corrected chi connectivity index (χ2v) is 9.08. The van der Waals surface area contributed by atoms with E-state index in [2.05, 4.69) is 43.0 Å². The Bertz CT molecular complexity index is 849. The number of carbonyl (C=O) groups excluding carboxylic acids is 1. The highest BCUT2D eigenvalue weighted by Crippen LogP contribution is 2.43. The topological polar surface area (TPSA) is 38.8 Å². The SMILES string of the molecule is CCOc1ccc(OC2CN(c3ccc([C@H](C)CC(=O)C4(C)CCC4)cc3)C2)cc1. The van der Waals surface area contributed by atoms with Crippen molar-refractivity contribution < 1.29 is 14.3 Å². The molecule has 0 N–H and O–H groups in total. The van der Waals surface area contributed by atoms with Gasteiger partial charge in [0.1, 0.15) is 23.4 Å². The Morgan fingerprint density at radius 3 is 2.27 bits per heavy atom. The molecule has 0 radical (unpaired) electrons.